The molecule has 3 heterocycles. The maximum Gasteiger partial charge on any atom is 0.410 e. The zero-order valence-electron chi connectivity index (χ0n) is 26.8. The van der Waals surface area contributed by atoms with Crippen LogP contribution >= 0.6 is 0 Å². The number of benzene rings is 3. The van der Waals surface area contributed by atoms with Crippen LogP contribution in [0.25, 0.3) is 11.8 Å². The Morgan fingerprint density at radius 3 is 2.64 bits per heavy atom. The Balaban J connectivity index is 1.14. The van der Waals surface area contributed by atoms with E-state index in [0.717, 1.165) is 5.56 Å². The van der Waals surface area contributed by atoms with Gasteiger partial charge in [-0.25, -0.2) is 22.6 Å². The molecule has 1 amide bonds. The first-order valence-electron chi connectivity index (χ1n) is 15.9. The third kappa shape index (κ3) is 6.41. The summed E-state index contributed by atoms with van der Waals surface area (Å²) in [5.74, 6) is -0.172. The minimum Gasteiger partial charge on any atom is -0.490 e. The van der Waals surface area contributed by atoms with Gasteiger partial charge in [0.15, 0.2) is 11.6 Å². The predicted octanol–water partition coefficient (Wildman–Crippen LogP) is 6.86. The largest absolute Gasteiger partial charge is 0.490 e. The van der Waals surface area contributed by atoms with E-state index >= 15 is 0 Å². The molecular weight excluding hydrogens is 651 g/mol. The number of nitrogens with zero attached hydrogens (tertiary/aromatic N) is 3. The fourth-order valence-electron chi connectivity index (χ4n) is 6.36. The standard InChI is InChI=1S/C37H32F3N5O5/c1-21-13-25(50-32-10-6-5-9-27(32)38)11-12-30(21)45-36(41)26(18-42-45)35(46)29-15-23-16-33(48-20-34(39)40)31(17-28(23)43-29)44-24(19-49-37(44)47)14-22-7-3-2-4-8-22/h2-13,15-16,18,24,31,34,43H,14,17,19-20,41H2,1H3. The van der Waals surface area contributed by atoms with Gasteiger partial charge in [0.1, 0.15) is 30.5 Å². The number of rotatable bonds is 11. The van der Waals surface area contributed by atoms with Gasteiger partial charge in [0.25, 0.3) is 6.43 Å². The molecule has 0 bridgehead atoms. The first kappa shape index (κ1) is 32.6. The molecule has 1 saturated heterocycles. The zero-order valence-corrected chi connectivity index (χ0v) is 26.8. The average Bonchev–Trinajstić information content (AvgIpc) is 3.80. The Morgan fingerprint density at radius 2 is 1.88 bits per heavy atom. The molecule has 0 saturated carbocycles. The van der Waals surface area contributed by atoms with E-state index in [4.69, 9.17) is 19.9 Å². The summed E-state index contributed by atoms with van der Waals surface area (Å²) in [5, 5.41) is 4.37. The van der Waals surface area contributed by atoms with Crippen LogP contribution in [0.3, 0.4) is 0 Å². The number of alkyl halides is 2. The SMILES string of the molecule is Cc1cc(Oc2ccccc2F)ccc1-n1ncc(C(=O)c2cc3c([nH]2)CC(N2C(=O)OCC2Cc2ccccc2)C(OCC(F)F)=C3)c1N. The van der Waals surface area contributed by atoms with Crippen molar-refractivity contribution in [3.05, 3.63) is 130 Å². The normalized spacial score (nSPS) is 17.0. The van der Waals surface area contributed by atoms with Gasteiger partial charge in [-0.2, -0.15) is 5.10 Å². The van der Waals surface area contributed by atoms with Gasteiger partial charge in [0.05, 0.1) is 35.2 Å². The summed E-state index contributed by atoms with van der Waals surface area (Å²) in [7, 11) is 0. The highest BCUT2D eigenvalue weighted by Crippen LogP contribution is 2.34. The molecule has 2 unspecified atom stereocenters. The van der Waals surface area contributed by atoms with Crippen LogP contribution in [-0.2, 0) is 22.3 Å². The second kappa shape index (κ2) is 13.5. The average molecular weight is 684 g/mol. The first-order valence-corrected chi connectivity index (χ1v) is 15.9. The van der Waals surface area contributed by atoms with Crippen LogP contribution in [0.15, 0.2) is 90.8 Å². The summed E-state index contributed by atoms with van der Waals surface area (Å²) in [6.45, 7) is 1.09. The highest BCUT2D eigenvalue weighted by molar-refractivity contribution is 6.11. The van der Waals surface area contributed by atoms with Crippen LogP contribution in [0.2, 0.25) is 0 Å². The summed E-state index contributed by atoms with van der Waals surface area (Å²) in [6, 6.07) is 21.2. The molecule has 2 atom stereocenters. The number of nitrogens with two attached hydrogens (primary N) is 1. The summed E-state index contributed by atoms with van der Waals surface area (Å²) in [6.07, 6.45) is 0.307. The predicted molar refractivity (Wildman–Crippen MR) is 178 cm³/mol. The number of hydrogen-bond donors (Lipinski definition) is 2. The summed E-state index contributed by atoms with van der Waals surface area (Å²) in [5.41, 5.74) is 10.3. The lowest BCUT2D eigenvalue weighted by Crippen LogP contribution is -2.46. The van der Waals surface area contributed by atoms with Gasteiger partial charge in [-0.05, 0) is 72.5 Å². The number of nitrogen functional groups attached to an aromatic ring is 1. The number of ketones is 1. The van der Waals surface area contributed by atoms with E-state index in [-0.39, 0.29) is 47.7 Å². The van der Waals surface area contributed by atoms with Gasteiger partial charge >= 0.3 is 6.09 Å². The molecule has 2 aromatic heterocycles. The third-order valence-electron chi connectivity index (χ3n) is 8.74. The second-order valence-corrected chi connectivity index (χ2v) is 12.1. The Morgan fingerprint density at radius 1 is 1.10 bits per heavy atom. The van der Waals surface area contributed by atoms with Gasteiger partial charge in [0.2, 0.25) is 5.78 Å². The van der Waals surface area contributed by atoms with E-state index in [1.165, 1.54) is 27.9 Å². The lowest BCUT2D eigenvalue weighted by atomic mass is 9.95. The van der Waals surface area contributed by atoms with E-state index in [1.54, 1.807) is 42.5 Å². The van der Waals surface area contributed by atoms with Crippen LogP contribution in [-0.4, -0.2) is 63.3 Å². The number of aromatic amines is 1. The highest BCUT2D eigenvalue weighted by Gasteiger charge is 2.42. The minimum atomic E-state index is -2.73. The Kier molecular flexibility index (Phi) is 8.79. The van der Waals surface area contributed by atoms with Crippen molar-refractivity contribution in [3.63, 3.8) is 0 Å². The van der Waals surface area contributed by atoms with Crippen LogP contribution < -0.4 is 10.5 Å². The van der Waals surface area contributed by atoms with E-state index in [1.807, 2.05) is 37.3 Å². The van der Waals surface area contributed by atoms with Crippen molar-refractivity contribution >= 4 is 23.8 Å². The van der Waals surface area contributed by atoms with Gasteiger partial charge in [0, 0.05) is 12.1 Å². The molecule has 3 N–H and O–H groups in total. The number of halogens is 3. The number of cyclic esters (lactones) is 1. The Labute approximate surface area is 284 Å². The fraction of sp³-hybridized carbons (Fsp3) is 0.216. The summed E-state index contributed by atoms with van der Waals surface area (Å²) >= 11 is 0. The molecule has 256 valence electrons. The molecule has 7 rings (SSSR count). The molecule has 0 radical (unpaired) electrons. The molecule has 1 aliphatic heterocycles. The number of H-pyrrole nitrogens is 1. The number of nitrogens with one attached hydrogen (secondary N) is 1. The number of aryl methyl sites for hydroxylation is 1. The number of carbonyl (C=O) groups excluding carboxylic acids is 2. The van der Waals surface area contributed by atoms with Gasteiger partial charge < -0.3 is 24.9 Å². The topological polar surface area (TPSA) is 125 Å². The maximum absolute atomic E-state index is 14.1. The smallest absolute Gasteiger partial charge is 0.410 e. The van der Waals surface area contributed by atoms with Crippen LogP contribution in [0.1, 0.15) is 38.4 Å². The molecule has 13 heteroatoms. The van der Waals surface area contributed by atoms with E-state index in [9.17, 15) is 22.8 Å². The van der Waals surface area contributed by atoms with Crippen LogP contribution in [0, 0.1) is 12.7 Å². The molecule has 5 aromatic rings. The van der Waals surface area contributed by atoms with E-state index < -0.39 is 36.8 Å². The molecule has 2 aliphatic rings. The zero-order chi connectivity index (χ0) is 34.9. The number of amides is 1. The molecule has 50 heavy (non-hydrogen) atoms. The monoisotopic (exact) mass is 683 g/mol. The van der Waals surface area contributed by atoms with Gasteiger partial charge in [-0.1, -0.05) is 42.5 Å². The van der Waals surface area contributed by atoms with Gasteiger partial charge in [-0.3, -0.25) is 9.69 Å². The first-order chi connectivity index (χ1) is 24.2. The molecule has 1 aliphatic carbocycles. The number of aromatic nitrogens is 3. The van der Waals surface area contributed by atoms with E-state index in [0.29, 0.717) is 34.7 Å². The quantitative estimate of drug-likeness (QED) is 0.146. The third-order valence-corrected chi connectivity index (χ3v) is 8.74. The van der Waals surface area contributed by atoms with Gasteiger partial charge in [-0.15, -0.1) is 0 Å². The van der Waals surface area contributed by atoms with Crippen molar-refractivity contribution in [3.8, 4) is 17.2 Å². The van der Waals surface area contributed by atoms with Crippen LogP contribution in [0.4, 0.5) is 23.8 Å². The molecular formula is C37H32F3N5O5. The highest BCUT2D eigenvalue weighted by atomic mass is 19.3. The van der Waals surface area contributed by atoms with Crippen molar-refractivity contribution in [2.45, 2.75) is 38.3 Å². The van der Waals surface area contributed by atoms with E-state index in [2.05, 4.69) is 10.1 Å². The molecule has 10 nitrogen and oxygen atoms in total. The summed E-state index contributed by atoms with van der Waals surface area (Å²) < 4.78 is 58.8. The van der Waals surface area contributed by atoms with Crippen LogP contribution in [0.5, 0.6) is 11.5 Å². The number of anilines is 1. The number of carbonyl (C=O) groups is 2. The van der Waals surface area contributed by atoms with Crippen molar-refractivity contribution in [1.82, 2.24) is 19.7 Å². The summed E-state index contributed by atoms with van der Waals surface area (Å²) in [4.78, 5) is 31.5. The maximum atomic E-state index is 14.1. The van der Waals surface area contributed by atoms with Crippen molar-refractivity contribution in [2.75, 3.05) is 18.9 Å². The second-order valence-electron chi connectivity index (χ2n) is 12.1. The minimum absolute atomic E-state index is 0.0843. The lowest BCUT2D eigenvalue weighted by molar-refractivity contribution is 0.0332. The van der Waals surface area contributed by atoms with Crippen molar-refractivity contribution < 1.29 is 37.0 Å². The molecule has 0 spiro atoms. The number of hydrogen-bond acceptors (Lipinski definition) is 7. The number of ether oxygens (including phenoxy) is 3. The number of para-hydroxylation sites is 1. The molecule has 3 aromatic carbocycles. The van der Waals surface area contributed by atoms with Crippen molar-refractivity contribution in [1.29, 1.82) is 0 Å². The fourth-order valence-corrected chi connectivity index (χ4v) is 6.36. The number of fused-ring (bicyclic) bond motifs is 1. The Bertz CT molecular complexity index is 2090. The Hall–Kier alpha value is -5.98. The lowest BCUT2D eigenvalue weighted by Gasteiger charge is -2.34. The molecule has 1 fully saturated rings. The van der Waals surface area contributed by atoms with Crippen molar-refractivity contribution in [2.24, 2.45) is 0 Å².